The van der Waals surface area contributed by atoms with E-state index in [0.717, 1.165) is 0 Å². The van der Waals surface area contributed by atoms with Gasteiger partial charge in [-0.3, -0.25) is 10.1 Å². The van der Waals surface area contributed by atoms with E-state index in [1.54, 1.807) is 0 Å². The first-order valence-corrected chi connectivity index (χ1v) is 6.79. The Labute approximate surface area is 128 Å². The SMILES string of the molecule is CCc1nc(NN)cc(Oc2cc([N+](=O)[O-])ccc2Br)n1. The summed E-state index contributed by atoms with van der Waals surface area (Å²) < 4.78 is 6.16. The Kier molecular flexibility index (Phi) is 4.66. The van der Waals surface area contributed by atoms with E-state index in [2.05, 4.69) is 31.3 Å². The number of benzene rings is 1. The van der Waals surface area contributed by atoms with Crippen molar-refractivity contribution in [2.24, 2.45) is 5.84 Å². The molecule has 0 aliphatic heterocycles. The summed E-state index contributed by atoms with van der Waals surface area (Å²) >= 11 is 3.28. The third-order valence-corrected chi connectivity index (χ3v) is 3.21. The van der Waals surface area contributed by atoms with Crippen LogP contribution in [-0.4, -0.2) is 14.9 Å². The van der Waals surface area contributed by atoms with E-state index in [4.69, 9.17) is 10.6 Å². The minimum atomic E-state index is -0.496. The molecule has 3 N–H and O–H groups in total. The molecular formula is C12H12BrN5O3. The highest BCUT2D eigenvalue weighted by atomic mass is 79.9. The number of hydrazine groups is 1. The van der Waals surface area contributed by atoms with E-state index in [9.17, 15) is 10.1 Å². The summed E-state index contributed by atoms with van der Waals surface area (Å²) in [5, 5.41) is 10.8. The number of nitro benzene ring substituents is 1. The van der Waals surface area contributed by atoms with Crippen LogP contribution in [-0.2, 0) is 6.42 Å². The molecule has 0 amide bonds. The highest BCUT2D eigenvalue weighted by Crippen LogP contribution is 2.32. The molecule has 0 spiro atoms. The predicted molar refractivity (Wildman–Crippen MR) is 80.1 cm³/mol. The summed E-state index contributed by atoms with van der Waals surface area (Å²) in [7, 11) is 0. The van der Waals surface area contributed by atoms with E-state index >= 15 is 0 Å². The average molecular weight is 354 g/mol. The number of aryl methyl sites for hydroxylation is 1. The van der Waals surface area contributed by atoms with E-state index in [1.807, 2.05) is 6.92 Å². The molecule has 2 aromatic rings. The summed E-state index contributed by atoms with van der Waals surface area (Å²) in [5.74, 6) is 6.81. The Morgan fingerprint density at radius 1 is 1.43 bits per heavy atom. The van der Waals surface area contributed by atoms with Gasteiger partial charge in [0.2, 0.25) is 5.88 Å². The fraction of sp³-hybridized carbons (Fsp3) is 0.167. The van der Waals surface area contributed by atoms with Gasteiger partial charge in [0, 0.05) is 18.6 Å². The Hall–Kier alpha value is -2.26. The van der Waals surface area contributed by atoms with Gasteiger partial charge in [-0.2, -0.15) is 4.98 Å². The summed E-state index contributed by atoms with van der Waals surface area (Å²) in [5.41, 5.74) is 2.35. The first kappa shape index (κ1) is 15.1. The molecule has 1 aromatic heterocycles. The van der Waals surface area contributed by atoms with Gasteiger partial charge in [-0.05, 0) is 22.0 Å². The number of non-ortho nitro benzene ring substituents is 1. The maximum Gasteiger partial charge on any atom is 0.273 e. The van der Waals surface area contributed by atoms with Crippen LogP contribution in [0.5, 0.6) is 11.6 Å². The number of rotatable bonds is 5. The van der Waals surface area contributed by atoms with Crippen LogP contribution in [0.15, 0.2) is 28.7 Å². The minimum Gasteiger partial charge on any atom is -0.437 e. The monoisotopic (exact) mass is 353 g/mol. The summed E-state index contributed by atoms with van der Waals surface area (Å²) in [6.07, 6.45) is 0.599. The maximum atomic E-state index is 10.8. The molecule has 0 aliphatic carbocycles. The second kappa shape index (κ2) is 6.46. The normalized spacial score (nSPS) is 10.2. The van der Waals surface area contributed by atoms with Crippen LogP contribution in [0.3, 0.4) is 0 Å². The Balaban J connectivity index is 2.37. The number of nitrogen functional groups attached to an aromatic ring is 1. The van der Waals surface area contributed by atoms with Gasteiger partial charge in [0.05, 0.1) is 15.5 Å². The van der Waals surface area contributed by atoms with Gasteiger partial charge in [0.1, 0.15) is 11.6 Å². The van der Waals surface area contributed by atoms with Gasteiger partial charge in [-0.25, -0.2) is 10.8 Å². The molecule has 0 bridgehead atoms. The van der Waals surface area contributed by atoms with Gasteiger partial charge < -0.3 is 10.2 Å². The van der Waals surface area contributed by atoms with Crippen molar-refractivity contribution in [3.63, 3.8) is 0 Å². The number of aromatic nitrogens is 2. The number of nitrogens with zero attached hydrogens (tertiary/aromatic N) is 3. The van der Waals surface area contributed by atoms with E-state index in [1.165, 1.54) is 24.3 Å². The van der Waals surface area contributed by atoms with Crippen molar-refractivity contribution in [3.05, 3.63) is 44.7 Å². The van der Waals surface area contributed by atoms with Crippen LogP contribution < -0.4 is 16.0 Å². The van der Waals surface area contributed by atoms with Gasteiger partial charge >= 0.3 is 0 Å². The zero-order valence-electron chi connectivity index (χ0n) is 11.0. The van der Waals surface area contributed by atoms with E-state index in [0.29, 0.717) is 22.5 Å². The lowest BCUT2D eigenvalue weighted by molar-refractivity contribution is -0.384. The number of hydrogen-bond donors (Lipinski definition) is 2. The fourth-order valence-electron chi connectivity index (χ4n) is 1.55. The van der Waals surface area contributed by atoms with Crippen molar-refractivity contribution in [1.29, 1.82) is 0 Å². The molecule has 0 saturated carbocycles. The molecule has 0 saturated heterocycles. The topological polar surface area (TPSA) is 116 Å². The van der Waals surface area contributed by atoms with Crippen LogP contribution in [0.4, 0.5) is 11.5 Å². The summed E-state index contributed by atoms with van der Waals surface area (Å²) in [6.45, 7) is 1.89. The molecule has 0 fully saturated rings. The third kappa shape index (κ3) is 3.64. The minimum absolute atomic E-state index is 0.0739. The van der Waals surface area contributed by atoms with Crippen LogP contribution in [0, 0.1) is 10.1 Å². The number of hydrogen-bond acceptors (Lipinski definition) is 7. The fourth-order valence-corrected chi connectivity index (χ4v) is 1.88. The van der Waals surface area contributed by atoms with E-state index in [-0.39, 0.29) is 17.3 Å². The molecule has 2 rings (SSSR count). The molecular weight excluding hydrogens is 342 g/mol. The van der Waals surface area contributed by atoms with Crippen molar-refractivity contribution in [3.8, 4) is 11.6 Å². The van der Waals surface area contributed by atoms with Gasteiger partial charge in [-0.15, -0.1) is 0 Å². The quantitative estimate of drug-likeness (QED) is 0.482. The van der Waals surface area contributed by atoms with Gasteiger partial charge in [0.15, 0.2) is 5.75 Å². The number of nitrogens with one attached hydrogen (secondary N) is 1. The summed E-state index contributed by atoms with van der Waals surface area (Å²) in [4.78, 5) is 18.6. The molecule has 1 heterocycles. The highest BCUT2D eigenvalue weighted by Gasteiger charge is 2.13. The van der Waals surface area contributed by atoms with Crippen LogP contribution in [0.1, 0.15) is 12.7 Å². The van der Waals surface area contributed by atoms with E-state index < -0.39 is 4.92 Å². The third-order valence-electron chi connectivity index (χ3n) is 2.55. The molecule has 0 atom stereocenters. The molecule has 0 unspecified atom stereocenters. The van der Waals surface area contributed by atoms with Crippen LogP contribution in [0.2, 0.25) is 0 Å². The molecule has 9 heteroatoms. The lowest BCUT2D eigenvalue weighted by Gasteiger charge is -2.09. The van der Waals surface area contributed by atoms with Crippen molar-refractivity contribution < 1.29 is 9.66 Å². The molecule has 110 valence electrons. The number of halogens is 1. The zero-order valence-corrected chi connectivity index (χ0v) is 12.6. The van der Waals surface area contributed by atoms with Crippen molar-refractivity contribution in [1.82, 2.24) is 9.97 Å². The first-order valence-electron chi connectivity index (χ1n) is 6.00. The molecule has 0 aliphatic rings. The standard InChI is InChI=1S/C12H12BrN5O3/c1-2-10-15-11(17-14)6-12(16-10)21-9-5-7(18(19)20)3-4-8(9)13/h3-6H,2,14H2,1H3,(H,15,16,17). The lowest BCUT2D eigenvalue weighted by atomic mass is 10.3. The molecule has 1 aromatic carbocycles. The number of nitro groups is 1. The Bertz CT molecular complexity index is 658. The van der Waals surface area contributed by atoms with Crippen molar-refractivity contribution in [2.45, 2.75) is 13.3 Å². The smallest absolute Gasteiger partial charge is 0.273 e. The Morgan fingerprint density at radius 3 is 2.81 bits per heavy atom. The molecule has 8 nitrogen and oxygen atoms in total. The van der Waals surface area contributed by atoms with Crippen LogP contribution in [0.25, 0.3) is 0 Å². The predicted octanol–water partition coefficient (Wildman–Crippen LogP) is 2.79. The van der Waals surface area contributed by atoms with Gasteiger partial charge in [-0.1, -0.05) is 6.92 Å². The number of ether oxygens (including phenoxy) is 1. The summed E-state index contributed by atoms with van der Waals surface area (Å²) in [6, 6.07) is 5.73. The second-order valence-electron chi connectivity index (χ2n) is 3.98. The maximum absolute atomic E-state index is 10.8. The largest absolute Gasteiger partial charge is 0.437 e. The average Bonchev–Trinajstić information content (AvgIpc) is 2.48. The lowest BCUT2D eigenvalue weighted by Crippen LogP contribution is -2.10. The van der Waals surface area contributed by atoms with Crippen molar-refractivity contribution in [2.75, 3.05) is 5.43 Å². The van der Waals surface area contributed by atoms with Crippen LogP contribution >= 0.6 is 15.9 Å². The molecule has 21 heavy (non-hydrogen) atoms. The van der Waals surface area contributed by atoms with Crippen molar-refractivity contribution >= 4 is 27.4 Å². The Morgan fingerprint density at radius 2 is 2.19 bits per heavy atom. The number of nitrogens with two attached hydrogens (primary N) is 1. The van der Waals surface area contributed by atoms with Gasteiger partial charge in [0.25, 0.3) is 5.69 Å². The highest BCUT2D eigenvalue weighted by molar-refractivity contribution is 9.10. The second-order valence-corrected chi connectivity index (χ2v) is 4.83. The molecule has 0 radical (unpaired) electrons. The number of anilines is 1. The first-order chi connectivity index (χ1) is 10.0. The zero-order chi connectivity index (χ0) is 15.4.